The second-order valence-electron chi connectivity index (χ2n) is 5.47. The minimum absolute atomic E-state index is 0.00672. The lowest BCUT2D eigenvalue weighted by molar-refractivity contribution is -0.697. The number of aryl methyl sites for hydroxylation is 1. The van der Waals surface area contributed by atoms with E-state index in [9.17, 15) is 43.9 Å². The smallest absolute Gasteiger partial charge is 0.237 e. The van der Waals surface area contributed by atoms with Crippen LogP contribution in [0.5, 0.6) is 0 Å². The first-order chi connectivity index (χ1) is 11.2. The molecule has 0 saturated heterocycles. The molecule has 0 saturated carbocycles. The zero-order chi connectivity index (χ0) is 19.5. The SMILES string of the molecule is FC(F)(F)n1cc[n+](CCCCCCC(F)(F)C(F)(F)C(F)(F)F)c1. The third-order valence-corrected chi connectivity index (χ3v) is 3.46. The second-order valence-corrected chi connectivity index (χ2v) is 5.47. The van der Waals surface area contributed by atoms with Gasteiger partial charge >= 0.3 is 24.3 Å². The fourth-order valence-electron chi connectivity index (χ4n) is 2.04. The Labute approximate surface area is 136 Å². The van der Waals surface area contributed by atoms with E-state index in [0.717, 1.165) is 18.7 Å². The fourth-order valence-corrected chi connectivity index (χ4v) is 2.04. The summed E-state index contributed by atoms with van der Waals surface area (Å²) < 4.78 is 125. The number of hydrogen-bond acceptors (Lipinski definition) is 0. The second kappa shape index (κ2) is 7.40. The number of rotatable bonds is 8. The number of imidazole rings is 1. The van der Waals surface area contributed by atoms with Gasteiger partial charge in [-0.3, -0.25) is 0 Å². The summed E-state index contributed by atoms with van der Waals surface area (Å²) >= 11 is 0. The van der Waals surface area contributed by atoms with E-state index < -0.39 is 37.2 Å². The molecule has 0 spiro atoms. The highest BCUT2D eigenvalue weighted by atomic mass is 19.4. The molecule has 1 rings (SSSR count). The predicted molar refractivity (Wildman–Crippen MR) is 65.0 cm³/mol. The van der Waals surface area contributed by atoms with Crippen LogP contribution in [0.3, 0.4) is 0 Å². The Morgan fingerprint density at radius 3 is 1.80 bits per heavy atom. The minimum atomic E-state index is -6.33. The Kier molecular flexibility index (Phi) is 6.38. The van der Waals surface area contributed by atoms with Crippen LogP contribution in [0.4, 0.5) is 43.9 Å². The molecule has 0 aliphatic rings. The molecule has 1 aromatic heterocycles. The summed E-state index contributed by atoms with van der Waals surface area (Å²) in [6.45, 7) is 0.123. The maximum absolute atomic E-state index is 13.0. The van der Waals surface area contributed by atoms with E-state index in [1.54, 1.807) is 0 Å². The molecule has 0 atom stereocenters. The number of halogens is 10. The van der Waals surface area contributed by atoms with Gasteiger partial charge in [-0.15, -0.1) is 17.7 Å². The van der Waals surface area contributed by atoms with Crippen LogP contribution in [0.2, 0.25) is 0 Å². The molecular formula is C13H15F10N2+. The third kappa shape index (κ3) is 5.50. The molecule has 0 bridgehead atoms. The lowest BCUT2D eigenvalue weighted by Crippen LogP contribution is -2.51. The van der Waals surface area contributed by atoms with E-state index >= 15 is 0 Å². The van der Waals surface area contributed by atoms with Gasteiger partial charge in [-0.05, 0) is 19.3 Å². The van der Waals surface area contributed by atoms with E-state index in [4.69, 9.17) is 0 Å². The van der Waals surface area contributed by atoms with Crippen LogP contribution >= 0.6 is 0 Å². The number of alkyl halides is 10. The molecule has 0 radical (unpaired) electrons. The lowest BCUT2D eigenvalue weighted by Gasteiger charge is -2.28. The molecule has 0 amide bonds. The zero-order valence-corrected chi connectivity index (χ0v) is 12.6. The summed E-state index contributed by atoms with van der Waals surface area (Å²) in [6.07, 6.45) is -10.00. The van der Waals surface area contributed by atoms with Crippen LogP contribution in [-0.4, -0.2) is 22.6 Å². The molecule has 2 nitrogen and oxygen atoms in total. The van der Waals surface area contributed by atoms with Crippen molar-refractivity contribution in [1.82, 2.24) is 4.57 Å². The van der Waals surface area contributed by atoms with E-state index in [2.05, 4.69) is 0 Å². The largest absolute Gasteiger partial charge is 0.567 e. The van der Waals surface area contributed by atoms with Crippen LogP contribution in [0.1, 0.15) is 32.1 Å². The van der Waals surface area contributed by atoms with Crippen molar-refractivity contribution in [3.63, 3.8) is 0 Å². The van der Waals surface area contributed by atoms with Gasteiger partial charge in [-0.1, -0.05) is 6.42 Å². The molecule has 0 aliphatic heterocycles. The molecule has 0 aromatic carbocycles. The van der Waals surface area contributed by atoms with Crippen molar-refractivity contribution in [3.8, 4) is 0 Å². The summed E-state index contributed by atoms with van der Waals surface area (Å²) in [4.78, 5) is 0. The van der Waals surface area contributed by atoms with Gasteiger partial charge in [-0.2, -0.15) is 30.7 Å². The summed E-state index contributed by atoms with van der Waals surface area (Å²) in [7, 11) is 0. The number of unbranched alkanes of at least 4 members (excludes halogenated alkanes) is 3. The maximum Gasteiger partial charge on any atom is 0.567 e. The van der Waals surface area contributed by atoms with Crippen molar-refractivity contribution in [1.29, 1.82) is 0 Å². The molecule has 12 heteroatoms. The van der Waals surface area contributed by atoms with Crippen LogP contribution in [0.15, 0.2) is 18.7 Å². The summed E-state index contributed by atoms with van der Waals surface area (Å²) in [5.41, 5.74) is 0. The Bertz CT molecular complexity index is 544. The first-order valence-corrected chi connectivity index (χ1v) is 7.15. The van der Waals surface area contributed by atoms with Crippen LogP contribution < -0.4 is 4.57 Å². The Balaban J connectivity index is 2.34. The quantitative estimate of drug-likeness (QED) is 0.335. The van der Waals surface area contributed by atoms with E-state index in [0.29, 0.717) is 0 Å². The van der Waals surface area contributed by atoms with Gasteiger partial charge in [0.25, 0.3) is 6.33 Å². The van der Waals surface area contributed by atoms with Crippen molar-refractivity contribution in [2.75, 3.05) is 0 Å². The summed E-state index contributed by atoms with van der Waals surface area (Å²) in [5, 5.41) is 0. The van der Waals surface area contributed by atoms with Crippen molar-refractivity contribution in [2.24, 2.45) is 0 Å². The standard InChI is InChI=1S/C13H15F10N2/c14-10(15,11(16,17)12(18,19)20)5-3-1-2-4-6-24-7-8-25(9-24)13(21,22)23/h7-9H,1-6H2/q+1. The Hall–Kier alpha value is -1.49. The first kappa shape index (κ1) is 21.6. The van der Waals surface area contributed by atoms with Crippen molar-refractivity contribution in [2.45, 2.75) is 63.0 Å². The molecule has 1 heterocycles. The normalized spacial score (nSPS) is 14.2. The molecule has 0 aliphatic carbocycles. The zero-order valence-electron chi connectivity index (χ0n) is 12.6. The summed E-state index contributed by atoms with van der Waals surface area (Å²) in [6, 6.07) is 0. The third-order valence-electron chi connectivity index (χ3n) is 3.46. The van der Waals surface area contributed by atoms with Gasteiger partial charge in [0.15, 0.2) is 0 Å². The fraction of sp³-hybridized carbons (Fsp3) is 0.769. The molecule has 25 heavy (non-hydrogen) atoms. The molecule has 0 fully saturated rings. The topological polar surface area (TPSA) is 8.81 Å². The minimum Gasteiger partial charge on any atom is -0.237 e. The van der Waals surface area contributed by atoms with Crippen molar-refractivity contribution in [3.05, 3.63) is 18.7 Å². The average Bonchev–Trinajstić information content (AvgIpc) is 2.90. The maximum atomic E-state index is 13.0. The number of hydrogen-bond donors (Lipinski definition) is 0. The number of aromatic nitrogens is 2. The van der Waals surface area contributed by atoms with Gasteiger partial charge in [-0.25, -0.2) is 4.57 Å². The average molecular weight is 389 g/mol. The van der Waals surface area contributed by atoms with Crippen LogP contribution in [-0.2, 0) is 12.8 Å². The summed E-state index contributed by atoms with van der Waals surface area (Å²) in [5.74, 6) is -11.3. The van der Waals surface area contributed by atoms with Crippen molar-refractivity contribution >= 4 is 0 Å². The molecule has 1 aromatic rings. The van der Waals surface area contributed by atoms with E-state index in [1.165, 1.54) is 4.57 Å². The lowest BCUT2D eigenvalue weighted by atomic mass is 10.0. The Morgan fingerprint density at radius 1 is 0.760 bits per heavy atom. The van der Waals surface area contributed by atoms with Crippen LogP contribution in [0.25, 0.3) is 0 Å². The first-order valence-electron chi connectivity index (χ1n) is 7.15. The van der Waals surface area contributed by atoms with Gasteiger partial charge in [0.05, 0.1) is 6.54 Å². The predicted octanol–water partition coefficient (Wildman–Crippen LogP) is 5.04. The monoisotopic (exact) mass is 389 g/mol. The van der Waals surface area contributed by atoms with E-state index in [1.807, 2.05) is 0 Å². The highest BCUT2D eigenvalue weighted by Crippen LogP contribution is 2.48. The van der Waals surface area contributed by atoms with Gasteiger partial charge < -0.3 is 0 Å². The molecule has 146 valence electrons. The molecule has 0 unspecified atom stereocenters. The van der Waals surface area contributed by atoms with Crippen molar-refractivity contribution < 1.29 is 48.5 Å². The molecule has 0 N–H and O–H groups in total. The molecular weight excluding hydrogens is 374 g/mol. The highest BCUT2D eigenvalue weighted by Gasteiger charge is 2.72. The van der Waals surface area contributed by atoms with Gasteiger partial charge in [0, 0.05) is 6.42 Å². The highest BCUT2D eigenvalue weighted by molar-refractivity contribution is 4.90. The Morgan fingerprint density at radius 2 is 1.32 bits per heavy atom. The van der Waals surface area contributed by atoms with Gasteiger partial charge in [0.2, 0.25) is 0 Å². The van der Waals surface area contributed by atoms with Crippen LogP contribution in [0, 0.1) is 0 Å². The van der Waals surface area contributed by atoms with E-state index in [-0.39, 0.29) is 30.4 Å². The number of nitrogens with zero attached hydrogens (tertiary/aromatic N) is 2. The van der Waals surface area contributed by atoms with Gasteiger partial charge in [0.1, 0.15) is 12.4 Å².